The van der Waals surface area contributed by atoms with Crippen molar-refractivity contribution in [2.75, 3.05) is 38.1 Å². The van der Waals surface area contributed by atoms with Gasteiger partial charge in [0.25, 0.3) is 0 Å². The quantitative estimate of drug-likeness (QED) is 0.758. The zero-order chi connectivity index (χ0) is 18.7. The molecule has 6 heteroatoms. The first-order valence-electron chi connectivity index (χ1n) is 9.72. The molecule has 0 aromatic carbocycles. The third-order valence-electron chi connectivity index (χ3n) is 7.35. The van der Waals surface area contributed by atoms with Crippen LogP contribution in [0.3, 0.4) is 0 Å². The van der Waals surface area contributed by atoms with Gasteiger partial charge >= 0.3 is 0 Å². The van der Waals surface area contributed by atoms with E-state index in [0.717, 1.165) is 55.7 Å². The van der Waals surface area contributed by atoms with E-state index in [-0.39, 0.29) is 22.0 Å². The molecule has 1 aromatic rings. The Morgan fingerprint density at radius 2 is 1.85 bits per heavy atom. The minimum absolute atomic E-state index is 0.0154. The van der Waals surface area contributed by atoms with Gasteiger partial charge in [-0.1, -0.05) is 32.5 Å². The first-order valence-corrected chi connectivity index (χ1v) is 10.6. The van der Waals surface area contributed by atoms with E-state index >= 15 is 0 Å². The molecule has 2 bridgehead atoms. The number of fused-ring (bicyclic) bond motifs is 2. The molecule has 0 N–H and O–H groups in total. The van der Waals surface area contributed by atoms with E-state index in [2.05, 4.69) is 48.7 Å². The zero-order valence-corrected chi connectivity index (χ0v) is 17.4. The monoisotopic (exact) mass is 374 g/mol. The van der Waals surface area contributed by atoms with Crippen LogP contribution in [0.5, 0.6) is 0 Å². The number of nitrogens with zero attached hydrogens (tertiary/aromatic N) is 4. The molecular formula is C20H30N4OS. The van der Waals surface area contributed by atoms with E-state index in [0.29, 0.717) is 5.78 Å². The van der Waals surface area contributed by atoms with Crippen LogP contribution in [-0.2, 0) is 4.79 Å². The number of thioether (sulfide) groups is 1. The zero-order valence-electron chi connectivity index (χ0n) is 16.6. The Balaban J connectivity index is 1.58. The third kappa shape index (κ3) is 2.68. The number of piperazine rings is 1. The van der Waals surface area contributed by atoms with Crippen LogP contribution in [0.2, 0.25) is 0 Å². The normalized spacial score (nSPS) is 33.9. The van der Waals surface area contributed by atoms with Crippen molar-refractivity contribution in [3.8, 4) is 0 Å². The topological polar surface area (TPSA) is 49.3 Å². The molecule has 0 spiro atoms. The van der Waals surface area contributed by atoms with E-state index < -0.39 is 0 Å². The molecular weight excluding hydrogens is 344 g/mol. The van der Waals surface area contributed by atoms with Gasteiger partial charge in [0.2, 0.25) is 0 Å². The number of ketones is 1. The lowest BCUT2D eigenvalue weighted by Gasteiger charge is -2.37. The molecule has 2 heterocycles. The van der Waals surface area contributed by atoms with Crippen LogP contribution in [0.1, 0.15) is 39.3 Å². The molecule has 1 aromatic heterocycles. The summed E-state index contributed by atoms with van der Waals surface area (Å²) < 4.78 is 0. The van der Waals surface area contributed by atoms with Gasteiger partial charge in [0.15, 0.2) is 5.16 Å². The second-order valence-corrected chi connectivity index (χ2v) is 10.1. The second kappa shape index (κ2) is 6.20. The van der Waals surface area contributed by atoms with Gasteiger partial charge in [-0.2, -0.15) is 0 Å². The van der Waals surface area contributed by atoms with Gasteiger partial charge in [0.05, 0.1) is 5.25 Å². The lowest BCUT2D eigenvalue weighted by molar-refractivity contribution is -0.122. The molecule has 142 valence electrons. The van der Waals surface area contributed by atoms with E-state index in [4.69, 9.17) is 4.98 Å². The molecule has 3 aliphatic rings. The van der Waals surface area contributed by atoms with E-state index in [9.17, 15) is 4.79 Å². The Morgan fingerprint density at radius 1 is 1.15 bits per heavy atom. The Labute approximate surface area is 160 Å². The fraction of sp³-hybridized carbons (Fsp3) is 0.750. The molecule has 1 saturated heterocycles. The predicted octanol–water partition coefficient (Wildman–Crippen LogP) is 3.02. The fourth-order valence-electron chi connectivity index (χ4n) is 5.06. The van der Waals surface area contributed by atoms with Gasteiger partial charge in [-0.05, 0) is 37.6 Å². The summed E-state index contributed by atoms with van der Waals surface area (Å²) in [5.41, 5.74) is 1.10. The molecule has 2 aliphatic carbocycles. The highest BCUT2D eigenvalue weighted by atomic mass is 32.2. The van der Waals surface area contributed by atoms with Crippen molar-refractivity contribution in [3.05, 3.63) is 11.8 Å². The molecule has 4 rings (SSSR count). The molecule has 0 radical (unpaired) electrons. The molecule has 26 heavy (non-hydrogen) atoms. The number of aromatic nitrogens is 2. The summed E-state index contributed by atoms with van der Waals surface area (Å²) in [7, 11) is 2.16. The summed E-state index contributed by atoms with van der Waals surface area (Å²) in [5.74, 6) is 1.63. The maximum Gasteiger partial charge on any atom is 0.190 e. The molecule has 3 atom stereocenters. The predicted molar refractivity (Wildman–Crippen MR) is 106 cm³/mol. The number of hydrogen-bond acceptors (Lipinski definition) is 6. The van der Waals surface area contributed by atoms with E-state index in [1.165, 1.54) is 0 Å². The van der Waals surface area contributed by atoms with Crippen LogP contribution >= 0.6 is 11.8 Å². The number of carbonyl (C=O) groups excluding carboxylic acids is 1. The smallest absolute Gasteiger partial charge is 0.190 e. The summed E-state index contributed by atoms with van der Waals surface area (Å²) in [6.45, 7) is 13.0. The first-order chi connectivity index (χ1) is 12.2. The maximum atomic E-state index is 13.0. The minimum atomic E-state index is -0.0154. The number of Topliss-reactive ketones (excluding diaryl/α,β-unsaturated/α-hetero) is 1. The largest absolute Gasteiger partial charge is 0.354 e. The van der Waals surface area contributed by atoms with Gasteiger partial charge in [-0.3, -0.25) is 4.79 Å². The summed E-state index contributed by atoms with van der Waals surface area (Å²) in [6.07, 6.45) is 2.17. The van der Waals surface area contributed by atoms with E-state index in [1.807, 2.05) is 6.92 Å². The highest BCUT2D eigenvalue weighted by molar-refractivity contribution is 8.00. The maximum absolute atomic E-state index is 13.0. The van der Waals surface area contributed by atoms with Gasteiger partial charge < -0.3 is 9.80 Å². The van der Waals surface area contributed by atoms with Crippen LogP contribution in [0, 0.1) is 23.7 Å². The highest BCUT2D eigenvalue weighted by Crippen LogP contribution is 2.67. The van der Waals surface area contributed by atoms with Crippen LogP contribution in [0.15, 0.2) is 11.2 Å². The van der Waals surface area contributed by atoms with Gasteiger partial charge in [0, 0.05) is 43.9 Å². The molecule has 1 aliphatic heterocycles. The standard InChI is InChI=1S/C20H30N4OS/c1-13-12-15(24-10-8-23(5)9-11-24)22-18(21-13)26-17-16(25)14-6-7-20(17,4)19(14,2)3/h12,14,17H,6-11H2,1-5H3/t14-,17+,20+/m1/s1. The van der Waals surface area contributed by atoms with Crippen molar-refractivity contribution < 1.29 is 4.79 Å². The number of anilines is 1. The number of hydrogen-bond donors (Lipinski definition) is 0. The van der Waals surface area contributed by atoms with Crippen LogP contribution in [-0.4, -0.2) is 59.1 Å². The Bertz CT molecular complexity index is 729. The van der Waals surface area contributed by atoms with Gasteiger partial charge in [0.1, 0.15) is 11.6 Å². The lowest BCUT2D eigenvalue weighted by Crippen LogP contribution is -2.45. The van der Waals surface area contributed by atoms with Crippen molar-refractivity contribution in [2.24, 2.45) is 16.7 Å². The molecule has 3 fully saturated rings. The SMILES string of the molecule is Cc1cc(N2CCN(C)CC2)nc(S[C@H]2C(=O)[C@H]3CC[C@]2(C)C3(C)C)n1. The van der Waals surface area contributed by atoms with Gasteiger partial charge in [-0.25, -0.2) is 9.97 Å². The number of aryl methyl sites for hydroxylation is 1. The Hall–Kier alpha value is -1.14. The van der Waals surface area contributed by atoms with Crippen molar-refractivity contribution in [2.45, 2.75) is 50.9 Å². The third-order valence-corrected chi connectivity index (χ3v) is 8.73. The van der Waals surface area contributed by atoms with E-state index in [1.54, 1.807) is 11.8 Å². The van der Waals surface area contributed by atoms with Crippen molar-refractivity contribution in [1.82, 2.24) is 14.9 Å². The highest BCUT2D eigenvalue weighted by Gasteiger charge is 2.66. The van der Waals surface area contributed by atoms with Crippen LogP contribution < -0.4 is 4.90 Å². The summed E-state index contributed by atoms with van der Waals surface area (Å²) >= 11 is 1.61. The Kier molecular flexibility index (Phi) is 4.35. The summed E-state index contributed by atoms with van der Waals surface area (Å²) in [4.78, 5) is 27.2. The number of likely N-dealkylation sites (N-methyl/N-ethyl adjacent to an activating group) is 1. The molecule has 0 amide bonds. The first kappa shape index (κ1) is 18.2. The molecule has 0 unspecified atom stereocenters. The molecule has 2 saturated carbocycles. The van der Waals surface area contributed by atoms with Gasteiger partial charge in [-0.15, -0.1) is 0 Å². The van der Waals surface area contributed by atoms with Crippen molar-refractivity contribution >= 4 is 23.4 Å². The van der Waals surface area contributed by atoms with Crippen LogP contribution in [0.4, 0.5) is 5.82 Å². The second-order valence-electron chi connectivity index (χ2n) is 9.07. The summed E-state index contributed by atoms with van der Waals surface area (Å²) in [6, 6.07) is 2.07. The average Bonchev–Trinajstić information content (AvgIpc) is 2.89. The van der Waals surface area contributed by atoms with Crippen molar-refractivity contribution in [1.29, 1.82) is 0 Å². The molecule has 5 nitrogen and oxygen atoms in total. The number of rotatable bonds is 3. The van der Waals surface area contributed by atoms with Crippen LogP contribution in [0.25, 0.3) is 0 Å². The summed E-state index contributed by atoms with van der Waals surface area (Å²) in [5, 5.41) is 0.750. The fourth-order valence-corrected chi connectivity index (χ4v) is 6.57. The number of carbonyl (C=O) groups is 1. The average molecular weight is 375 g/mol. The minimum Gasteiger partial charge on any atom is -0.354 e. The van der Waals surface area contributed by atoms with Crippen molar-refractivity contribution in [3.63, 3.8) is 0 Å². The lowest BCUT2D eigenvalue weighted by atomic mass is 9.71. The Morgan fingerprint density at radius 3 is 2.46 bits per heavy atom.